The van der Waals surface area contributed by atoms with E-state index in [1.54, 1.807) is 0 Å². The van der Waals surface area contributed by atoms with Gasteiger partial charge in [0.1, 0.15) is 5.82 Å². The van der Waals surface area contributed by atoms with Crippen molar-refractivity contribution in [2.24, 2.45) is 5.73 Å². The number of likely N-dealkylation sites (tertiary alicyclic amines) is 1. The molecule has 1 saturated heterocycles. The number of imidazole rings is 1. The summed E-state index contributed by atoms with van der Waals surface area (Å²) in [6.45, 7) is 5.65. The maximum atomic E-state index is 6.03. The van der Waals surface area contributed by atoms with E-state index < -0.39 is 0 Å². The van der Waals surface area contributed by atoms with Crippen LogP contribution in [0.2, 0.25) is 0 Å². The van der Waals surface area contributed by atoms with E-state index in [4.69, 9.17) is 10.7 Å². The molecule has 0 spiro atoms. The van der Waals surface area contributed by atoms with Crippen LogP contribution < -0.4 is 5.73 Å². The van der Waals surface area contributed by atoms with E-state index >= 15 is 0 Å². The highest BCUT2D eigenvalue weighted by atomic mass is 15.2. The molecule has 18 heavy (non-hydrogen) atoms. The smallest absolute Gasteiger partial charge is 0.110 e. The molecule has 0 aliphatic carbocycles. The predicted octanol–water partition coefficient (Wildman–Crippen LogP) is 1.70. The minimum absolute atomic E-state index is 0.307. The van der Waals surface area contributed by atoms with Crippen molar-refractivity contribution in [3.05, 3.63) is 17.7 Å². The van der Waals surface area contributed by atoms with Crippen LogP contribution in [0.3, 0.4) is 0 Å². The molecule has 1 fully saturated rings. The summed E-state index contributed by atoms with van der Waals surface area (Å²) in [5.74, 6) is 1.20. The number of fused-ring (bicyclic) bond motifs is 1. The Labute approximate surface area is 109 Å². The lowest BCUT2D eigenvalue weighted by atomic mass is 10.00. The van der Waals surface area contributed by atoms with Crippen molar-refractivity contribution in [1.29, 1.82) is 0 Å². The van der Waals surface area contributed by atoms with E-state index in [0.29, 0.717) is 12.1 Å². The molecule has 0 radical (unpaired) electrons. The summed E-state index contributed by atoms with van der Waals surface area (Å²) in [6, 6.07) is 0.847. The van der Waals surface area contributed by atoms with Crippen molar-refractivity contribution >= 4 is 0 Å². The van der Waals surface area contributed by atoms with Crippen LogP contribution in [0.1, 0.15) is 50.2 Å². The third-order valence-corrected chi connectivity index (χ3v) is 4.42. The molecule has 2 atom stereocenters. The van der Waals surface area contributed by atoms with E-state index in [-0.39, 0.29) is 0 Å². The average Bonchev–Trinajstić information content (AvgIpc) is 2.81. The lowest BCUT2D eigenvalue weighted by Crippen LogP contribution is -2.33. The third-order valence-electron chi connectivity index (χ3n) is 4.42. The maximum Gasteiger partial charge on any atom is 0.110 e. The zero-order chi connectivity index (χ0) is 12.5. The Morgan fingerprint density at radius 1 is 1.33 bits per heavy atom. The Morgan fingerprint density at radius 2 is 2.22 bits per heavy atom. The van der Waals surface area contributed by atoms with Crippen LogP contribution in [-0.2, 0) is 13.0 Å². The quantitative estimate of drug-likeness (QED) is 0.866. The van der Waals surface area contributed by atoms with Crippen molar-refractivity contribution in [3.8, 4) is 0 Å². The standard InChI is InChI=1S/C14H24N4/c1-2-17-7-4-3-5-13(17)12-10-18-8-6-11(15)9-14(18)16-12/h10-11,13H,2-9,15H2,1H3. The first kappa shape index (κ1) is 12.2. The van der Waals surface area contributed by atoms with Crippen molar-refractivity contribution in [3.63, 3.8) is 0 Å². The van der Waals surface area contributed by atoms with Crippen LogP contribution in [0.5, 0.6) is 0 Å². The number of hydrogen-bond acceptors (Lipinski definition) is 3. The lowest BCUT2D eigenvalue weighted by molar-refractivity contribution is 0.154. The second kappa shape index (κ2) is 5.02. The zero-order valence-electron chi connectivity index (χ0n) is 11.3. The van der Waals surface area contributed by atoms with Crippen LogP contribution in [-0.4, -0.2) is 33.6 Å². The molecule has 100 valence electrons. The Bertz CT molecular complexity index is 412. The zero-order valence-corrected chi connectivity index (χ0v) is 11.3. The molecule has 0 aromatic carbocycles. The summed E-state index contributed by atoms with van der Waals surface area (Å²) in [6.07, 6.45) is 8.24. The fourth-order valence-corrected chi connectivity index (χ4v) is 3.34. The molecule has 1 aromatic heterocycles. The minimum Gasteiger partial charge on any atom is -0.334 e. The number of nitrogens with two attached hydrogens (primary N) is 1. The molecule has 4 heteroatoms. The molecule has 1 aromatic rings. The number of hydrogen-bond donors (Lipinski definition) is 1. The van der Waals surface area contributed by atoms with E-state index in [2.05, 4.69) is 22.6 Å². The molecule has 0 bridgehead atoms. The van der Waals surface area contributed by atoms with Gasteiger partial charge in [-0.05, 0) is 32.4 Å². The molecule has 2 aliphatic heterocycles. The molecule has 0 saturated carbocycles. The molecular formula is C14H24N4. The molecule has 0 amide bonds. The summed E-state index contributed by atoms with van der Waals surface area (Å²) >= 11 is 0. The summed E-state index contributed by atoms with van der Waals surface area (Å²) in [4.78, 5) is 7.43. The van der Waals surface area contributed by atoms with Gasteiger partial charge in [-0.15, -0.1) is 0 Å². The number of aromatic nitrogens is 2. The minimum atomic E-state index is 0.307. The SMILES string of the molecule is CCN1CCCCC1c1cn2c(n1)CC(N)CC2. The predicted molar refractivity (Wildman–Crippen MR) is 72.4 cm³/mol. The second-order valence-electron chi connectivity index (χ2n) is 5.67. The molecule has 3 heterocycles. The highest BCUT2D eigenvalue weighted by molar-refractivity contribution is 5.12. The molecule has 2 aliphatic rings. The van der Waals surface area contributed by atoms with Gasteiger partial charge in [-0.25, -0.2) is 4.98 Å². The van der Waals surface area contributed by atoms with Crippen molar-refractivity contribution in [2.45, 2.75) is 57.7 Å². The monoisotopic (exact) mass is 248 g/mol. The number of piperidine rings is 1. The van der Waals surface area contributed by atoms with Crippen LogP contribution in [0.25, 0.3) is 0 Å². The number of rotatable bonds is 2. The van der Waals surface area contributed by atoms with Gasteiger partial charge < -0.3 is 10.3 Å². The Hall–Kier alpha value is -0.870. The molecule has 4 nitrogen and oxygen atoms in total. The van der Waals surface area contributed by atoms with Crippen molar-refractivity contribution in [1.82, 2.24) is 14.5 Å². The topological polar surface area (TPSA) is 47.1 Å². The summed E-state index contributed by atoms with van der Waals surface area (Å²) in [5.41, 5.74) is 7.31. The second-order valence-corrected chi connectivity index (χ2v) is 5.67. The van der Waals surface area contributed by atoms with E-state index in [1.165, 1.54) is 37.3 Å². The van der Waals surface area contributed by atoms with Gasteiger partial charge in [0.05, 0.1) is 11.7 Å². The van der Waals surface area contributed by atoms with E-state index in [0.717, 1.165) is 25.9 Å². The first-order valence-electron chi connectivity index (χ1n) is 7.33. The largest absolute Gasteiger partial charge is 0.334 e. The fourth-order valence-electron chi connectivity index (χ4n) is 3.34. The molecular weight excluding hydrogens is 224 g/mol. The normalized spacial score (nSPS) is 29.2. The highest BCUT2D eigenvalue weighted by Gasteiger charge is 2.27. The first-order chi connectivity index (χ1) is 8.78. The van der Waals surface area contributed by atoms with Gasteiger partial charge in [-0.3, -0.25) is 4.90 Å². The highest BCUT2D eigenvalue weighted by Crippen LogP contribution is 2.30. The van der Waals surface area contributed by atoms with Crippen LogP contribution in [0, 0.1) is 0 Å². The van der Waals surface area contributed by atoms with Gasteiger partial charge in [0, 0.05) is 25.2 Å². The van der Waals surface area contributed by atoms with Crippen LogP contribution in [0.15, 0.2) is 6.20 Å². The van der Waals surface area contributed by atoms with Crippen molar-refractivity contribution in [2.75, 3.05) is 13.1 Å². The van der Waals surface area contributed by atoms with Gasteiger partial charge in [-0.1, -0.05) is 13.3 Å². The first-order valence-corrected chi connectivity index (χ1v) is 7.33. The van der Waals surface area contributed by atoms with E-state index in [9.17, 15) is 0 Å². The van der Waals surface area contributed by atoms with Gasteiger partial charge in [0.15, 0.2) is 0 Å². The molecule has 2 N–H and O–H groups in total. The summed E-state index contributed by atoms with van der Waals surface area (Å²) in [5, 5.41) is 0. The fraction of sp³-hybridized carbons (Fsp3) is 0.786. The number of aryl methyl sites for hydroxylation is 1. The Morgan fingerprint density at radius 3 is 3.06 bits per heavy atom. The Kier molecular flexibility index (Phi) is 3.39. The van der Waals surface area contributed by atoms with Crippen LogP contribution in [0.4, 0.5) is 0 Å². The average molecular weight is 248 g/mol. The summed E-state index contributed by atoms with van der Waals surface area (Å²) < 4.78 is 2.32. The van der Waals surface area contributed by atoms with Gasteiger partial charge in [0.25, 0.3) is 0 Å². The lowest BCUT2D eigenvalue weighted by Gasteiger charge is -2.33. The number of nitrogens with zero attached hydrogens (tertiary/aromatic N) is 3. The third kappa shape index (κ3) is 2.19. The Balaban J connectivity index is 1.83. The molecule has 2 unspecified atom stereocenters. The van der Waals surface area contributed by atoms with Crippen LogP contribution >= 0.6 is 0 Å². The van der Waals surface area contributed by atoms with Gasteiger partial charge in [0.2, 0.25) is 0 Å². The molecule has 3 rings (SSSR count). The van der Waals surface area contributed by atoms with Crippen molar-refractivity contribution < 1.29 is 0 Å². The summed E-state index contributed by atoms with van der Waals surface area (Å²) in [7, 11) is 0. The maximum absolute atomic E-state index is 6.03. The van der Waals surface area contributed by atoms with E-state index in [1.807, 2.05) is 0 Å². The van der Waals surface area contributed by atoms with Gasteiger partial charge >= 0.3 is 0 Å². The van der Waals surface area contributed by atoms with Gasteiger partial charge in [-0.2, -0.15) is 0 Å².